The Bertz CT molecular complexity index is 914. The van der Waals surface area contributed by atoms with E-state index in [0.717, 1.165) is 16.2 Å². The van der Waals surface area contributed by atoms with Crippen molar-refractivity contribution in [3.63, 3.8) is 0 Å². The summed E-state index contributed by atoms with van der Waals surface area (Å²) in [6.45, 7) is 0.258. The van der Waals surface area contributed by atoms with Crippen molar-refractivity contribution < 1.29 is 23.8 Å². The van der Waals surface area contributed by atoms with Crippen LogP contribution in [0.5, 0.6) is 0 Å². The highest BCUT2D eigenvalue weighted by Gasteiger charge is 2.20. The molecule has 0 radical (unpaired) electrons. The first-order valence-corrected chi connectivity index (χ1v) is 8.00. The van der Waals surface area contributed by atoms with Crippen LogP contribution in [0.4, 0.5) is 0 Å². The Morgan fingerprint density at radius 2 is 2.00 bits per heavy atom. The highest BCUT2D eigenvalue weighted by atomic mass is 16.5. The largest absolute Gasteiger partial charge is 0.480 e. The van der Waals surface area contributed by atoms with Gasteiger partial charge in [-0.05, 0) is 22.9 Å². The first kappa shape index (κ1) is 17.0. The molecule has 6 heteroatoms. The summed E-state index contributed by atoms with van der Waals surface area (Å²) < 4.78 is 10.6. The third kappa shape index (κ3) is 3.80. The van der Waals surface area contributed by atoms with Crippen molar-refractivity contribution in [3.05, 3.63) is 48.2 Å². The van der Waals surface area contributed by atoms with Gasteiger partial charge in [-0.3, -0.25) is 4.79 Å². The molecule has 0 bridgehead atoms. The van der Waals surface area contributed by atoms with Crippen LogP contribution in [0.15, 0.2) is 46.9 Å². The van der Waals surface area contributed by atoms with Gasteiger partial charge < -0.3 is 19.6 Å². The third-order valence-corrected chi connectivity index (χ3v) is 4.06. The predicted molar refractivity (Wildman–Crippen MR) is 93.5 cm³/mol. The second-order valence-electron chi connectivity index (χ2n) is 5.83. The van der Waals surface area contributed by atoms with Crippen molar-refractivity contribution >= 4 is 33.6 Å². The number of carboxylic acids is 1. The summed E-state index contributed by atoms with van der Waals surface area (Å²) >= 11 is 0. The standard InChI is InChI=1S/C19H19NO5/c1-24-9-8-16(19(22)23)20-18(21)11-13-10-15-14-5-3-2-4-12(14)6-7-17(15)25-13/h2-7,10,16H,8-9,11H2,1H3,(H,20,21)(H,22,23). The van der Waals surface area contributed by atoms with Gasteiger partial charge >= 0.3 is 5.97 Å². The quantitative estimate of drug-likeness (QED) is 0.690. The average Bonchev–Trinajstić information content (AvgIpc) is 3.01. The van der Waals surface area contributed by atoms with Crippen molar-refractivity contribution in [1.82, 2.24) is 5.32 Å². The molecule has 1 heterocycles. The molecule has 0 aliphatic rings. The number of ether oxygens (including phenoxy) is 1. The van der Waals surface area contributed by atoms with Gasteiger partial charge in [0.2, 0.25) is 5.91 Å². The minimum atomic E-state index is -1.08. The maximum atomic E-state index is 12.2. The summed E-state index contributed by atoms with van der Waals surface area (Å²) in [5.41, 5.74) is 0.704. The van der Waals surface area contributed by atoms with Crippen molar-refractivity contribution in [2.45, 2.75) is 18.9 Å². The fourth-order valence-corrected chi connectivity index (χ4v) is 2.83. The number of furan rings is 1. The number of rotatable bonds is 7. The predicted octanol–water partition coefficient (Wildman–Crippen LogP) is 2.73. The molecule has 1 amide bonds. The smallest absolute Gasteiger partial charge is 0.326 e. The maximum Gasteiger partial charge on any atom is 0.326 e. The Morgan fingerprint density at radius 3 is 2.76 bits per heavy atom. The molecule has 0 aliphatic carbocycles. The van der Waals surface area contributed by atoms with Gasteiger partial charge in [0.05, 0.1) is 6.42 Å². The molecule has 3 aromatic rings. The summed E-state index contributed by atoms with van der Waals surface area (Å²) in [7, 11) is 1.49. The van der Waals surface area contributed by atoms with Crippen LogP contribution in [0.2, 0.25) is 0 Å². The lowest BCUT2D eigenvalue weighted by Gasteiger charge is -2.13. The zero-order valence-corrected chi connectivity index (χ0v) is 13.8. The second kappa shape index (κ2) is 7.36. The number of carboxylic acid groups (broad SMARTS) is 1. The van der Waals surface area contributed by atoms with Crippen molar-refractivity contribution in [1.29, 1.82) is 0 Å². The number of nitrogens with one attached hydrogen (secondary N) is 1. The zero-order valence-electron chi connectivity index (χ0n) is 13.8. The van der Waals surface area contributed by atoms with Crippen LogP contribution in [0.1, 0.15) is 12.2 Å². The molecule has 1 aromatic heterocycles. The molecule has 0 spiro atoms. The highest BCUT2D eigenvalue weighted by molar-refractivity contribution is 6.06. The fraction of sp³-hybridized carbons (Fsp3) is 0.263. The van der Waals surface area contributed by atoms with E-state index in [-0.39, 0.29) is 19.4 Å². The van der Waals surface area contributed by atoms with E-state index in [1.54, 1.807) is 0 Å². The molecular formula is C19H19NO5. The van der Waals surface area contributed by atoms with Crippen LogP contribution >= 0.6 is 0 Å². The van der Waals surface area contributed by atoms with Gasteiger partial charge in [0.25, 0.3) is 0 Å². The molecule has 6 nitrogen and oxygen atoms in total. The van der Waals surface area contributed by atoms with Crippen LogP contribution < -0.4 is 5.32 Å². The van der Waals surface area contributed by atoms with E-state index in [1.165, 1.54) is 7.11 Å². The molecule has 3 rings (SSSR count). The van der Waals surface area contributed by atoms with E-state index in [9.17, 15) is 9.59 Å². The van der Waals surface area contributed by atoms with Gasteiger partial charge in [-0.1, -0.05) is 30.3 Å². The van der Waals surface area contributed by atoms with E-state index in [1.807, 2.05) is 42.5 Å². The number of carbonyl (C=O) groups is 2. The van der Waals surface area contributed by atoms with Crippen molar-refractivity contribution in [3.8, 4) is 0 Å². The van der Waals surface area contributed by atoms with Crippen molar-refractivity contribution in [2.75, 3.05) is 13.7 Å². The average molecular weight is 341 g/mol. The molecule has 2 N–H and O–H groups in total. The number of carbonyl (C=O) groups excluding carboxylic acids is 1. The normalized spacial score (nSPS) is 12.4. The van der Waals surface area contributed by atoms with Crippen LogP contribution in [-0.2, 0) is 20.7 Å². The van der Waals surface area contributed by atoms with Gasteiger partial charge in [-0.2, -0.15) is 0 Å². The molecule has 1 atom stereocenters. The zero-order chi connectivity index (χ0) is 17.8. The Kier molecular flexibility index (Phi) is 5.00. The maximum absolute atomic E-state index is 12.2. The van der Waals surface area contributed by atoms with Crippen LogP contribution in [0, 0.1) is 0 Å². The van der Waals surface area contributed by atoms with Gasteiger partial charge in [0.15, 0.2) is 0 Å². The Morgan fingerprint density at radius 1 is 1.20 bits per heavy atom. The van der Waals surface area contributed by atoms with Crippen LogP contribution in [-0.4, -0.2) is 36.7 Å². The molecule has 0 saturated heterocycles. The summed E-state index contributed by atoms with van der Waals surface area (Å²) in [6.07, 6.45) is 0.197. The number of amides is 1. The van der Waals surface area contributed by atoms with Gasteiger partial charge in [-0.15, -0.1) is 0 Å². The molecular weight excluding hydrogens is 322 g/mol. The number of aliphatic carboxylic acids is 1. The monoisotopic (exact) mass is 341 g/mol. The van der Waals surface area contributed by atoms with Crippen LogP contribution in [0.25, 0.3) is 21.7 Å². The second-order valence-corrected chi connectivity index (χ2v) is 5.83. The first-order chi connectivity index (χ1) is 12.1. The lowest BCUT2D eigenvalue weighted by atomic mass is 10.1. The van der Waals surface area contributed by atoms with Crippen LogP contribution in [0.3, 0.4) is 0 Å². The minimum Gasteiger partial charge on any atom is -0.480 e. The molecule has 2 aromatic carbocycles. The van der Waals surface area contributed by atoms with E-state index in [2.05, 4.69) is 5.32 Å². The van der Waals surface area contributed by atoms with Gasteiger partial charge in [0, 0.05) is 25.5 Å². The molecule has 0 aliphatic heterocycles. The molecule has 1 unspecified atom stereocenters. The summed E-state index contributed by atoms with van der Waals surface area (Å²) in [4.78, 5) is 23.3. The lowest BCUT2D eigenvalue weighted by molar-refractivity contribution is -0.142. The Labute approximate surface area is 144 Å². The summed E-state index contributed by atoms with van der Waals surface area (Å²) in [5, 5.41) is 14.7. The Balaban J connectivity index is 1.77. The van der Waals surface area contributed by atoms with Gasteiger partial charge in [0.1, 0.15) is 17.4 Å². The summed E-state index contributed by atoms with van der Waals surface area (Å²) in [6, 6.07) is 12.6. The Hall–Kier alpha value is -2.86. The van der Waals surface area contributed by atoms with Gasteiger partial charge in [-0.25, -0.2) is 4.79 Å². The molecule has 0 saturated carbocycles. The lowest BCUT2D eigenvalue weighted by Crippen LogP contribution is -2.42. The fourth-order valence-electron chi connectivity index (χ4n) is 2.83. The third-order valence-electron chi connectivity index (χ3n) is 4.06. The molecule has 130 valence electrons. The SMILES string of the molecule is COCCC(NC(=O)Cc1cc2c(ccc3ccccc32)o1)C(=O)O. The highest BCUT2D eigenvalue weighted by Crippen LogP contribution is 2.28. The molecule has 0 fully saturated rings. The summed E-state index contributed by atoms with van der Waals surface area (Å²) in [5.74, 6) is -0.979. The van der Waals surface area contributed by atoms with Crippen molar-refractivity contribution in [2.24, 2.45) is 0 Å². The van der Waals surface area contributed by atoms with E-state index < -0.39 is 17.9 Å². The van der Waals surface area contributed by atoms with E-state index >= 15 is 0 Å². The number of hydrogen-bond donors (Lipinski definition) is 2. The minimum absolute atomic E-state index is 0.0141. The number of fused-ring (bicyclic) bond motifs is 3. The first-order valence-electron chi connectivity index (χ1n) is 8.00. The number of hydrogen-bond acceptors (Lipinski definition) is 4. The number of methoxy groups -OCH3 is 1. The van der Waals surface area contributed by atoms with E-state index in [0.29, 0.717) is 11.3 Å². The van der Waals surface area contributed by atoms with E-state index in [4.69, 9.17) is 14.3 Å². The number of benzene rings is 2. The molecule has 25 heavy (non-hydrogen) atoms. The topological polar surface area (TPSA) is 88.8 Å².